The fraction of sp³-hybridized carbons (Fsp3) is 0.158. The molecule has 0 saturated heterocycles. The molecule has 0 N–H and O–H groups in total. The van der Waals surface area contributed by atoms with Gasteiger partial charge in [-0.1, -0.05) is 36.4 Å². The van der Waals surface area contributed by atoms with Crippen molar-refractivity contribution < 1.29 is 4.42 Å². The summed E-state index contributed by atoms with van der Waals surface area (Å²) in [6.07, 6.45) is 7.83. The maximum atomic E-state index is 6.42. The van der Waals surface area contributed by atoms with Crippen LogP contribution in [0, 0.1) is 27.7 Å². The van der Waals surface area contributed by atoms with Gasteiger partial charge in [0.05, 0.1) is 11.0 Å². The van der Waals surface area contributed by atoms with Crippen LogP contribution in [0.4, 0.5) is 17.1 Å². The fourth-order valence-corrected chi connectivity index (χ4v) is 6.85. The summed E-state index contributed by atoms with van der Waals surface area (Å²) in [6, 6.07) is 28.8. The van der Waals surface area contributed by atoms with Crippen molar-refractivity contribution in [3.05, 3.63) is 125 Å². The van der Waals surface area contributed by atoms with E-state index in [2.05, 4.69) is 133 Å². The molecule has 0 aliphatic heterocycles. The number of hydrogen-bond acceptors (Lipinski definition) is 4. The third-order valence-corrected chi connectivity index (χ3v) is 8.47. The van der Waals surface area contributed by atoms with Gasteiger partial charge in [-0.3, -0.25) is 4.57 Å². The van der Waals surface area contributed by atoms with E-state index in [1.54, 1.807) is 6.33 Å². The van der Waals surface area contributed by atoms with E-state index in [-0.39, 0.29) is 0 Å². The van der Waals surface area contributed by atoms with Gasteiger partial charge in [-0.15, -0.1) is 0 Å². The lowest BCUT2D eigenvalue weighted by Gasteiger charge is -2.27. The molecule has 3 heterocycles. The molecule has 0 unspecified atom stereocenters. The van der Waals surface area contributed by atoms with Gasteiger partial charge in [-0.2, -0.15) is 0 Å². The van der Waals surface area contributed by atoms with Crippen molar-refractivity contribution in [3.63, 3.8) is 0 Å². The van der Waals surface area contributed by atoms with Crippen molar-refractivity contribution in [1.82, 2.24) is 14.5 Å². The second-order valence-electron chi connectivity index (χ2n) is 11.8. The third-order valence-electron chi connectivity index (χ3n) is 8.47. The van der Waals surface area contributed by atoms with E-state index in [4.69, 9.17) is 9.40 Å². The molecular formula is C38H32N4O. The molecule has 0 fully saturated rings. The second-order valence-corrected chi connectivity index (χ2v) is 11.8. The molecule has 3 aromatic heterocycles. The summed E-state index contributed by atoms with van der Waals surface area (Å²) in [5, 5.41) is 2.33. The van der Waals surface area contributed by atoms with E-state index in [9.17, 15) is 0 Å². The number of anilines is 3. The largest absolute Gasteiger partial charge is 0.451 e. The van der Waals surface area contributed by atoms with Gasteiger partial charge >= 0.3 is 0 Å². The molecule has 1 aliphatic carbocycles. The number of hydrogen-bond donors (Lipinski definition) is 0. The predicted molar refractivity (Wildman–Crippen MR) is 177 cm³/mol. The van der Waals surface area contributed by atoms with E-state index in [1.807, 2.05) is 0 Å². The highest BCUT2D eigenvalue weighted by Gasteiger charge is 2.23. The highest BCUT2D eigenvalue weighted by atomic mass is 16.3. The Labute approximate surface area is 250 Å². The Morgan fingerprint density at radius 1 is 0.698 bits per heavy atom. The Kier molecular flexibility index (Phi) is 5.76. The molecule has 7 aromatic rings. The van der Waals surface area contributed by atoms with Crippen LogP contribution in [0.5, 0.6) is 0 Å². The number of fused-ring (bicyclic) bond motifs is 6. The topological polar surface area (TPSA) is 47.1 Å². The molecule has 5 heteroatoms. The summed E-state index contributed by atoms with van der Waals surface area (Å²) in [5.41, 5.74) is 13.3. The lowest BCUT2D eigenvalue weighted by atomic mass is 10.0. The van der Waals surface area contributed by atoms with Gasteiger partial charge in [-0.05, 0) is 117 Å². The van der Waals surface area contributed by atoms with Crippen molar-refractivity contribution in [2.24, 2.45) is 0 Å². The molecule has 0 radical (unpaired) electrons. The zero-order chi connectivity index (χ0) is 29.2. The summed E-state index contributed by atoms with van der Waals surface area (Å²) in [7, 11) is 0. The molecule has 0 saturated carbocycles. The first kappa shape index (κ1) is 25.5. The zero-order valence-corrected chi connectivity index (χ0v) is 24.8. The fourth-order valence-electron chi connectivity index (χ4n) is 6.85. The minimum Gasteiger partial charge on any atom is -0.451 e. The lowest BCUT2D eigenvalue weighted by molar-refractivity contribution is 0.591. The summed E-state index contributed by atoms with van der Waals surface area (Å²) < 4.78 is 8.66. The van der Waals surface area contributed by atoms with Gasteiger partial charge in [0, 0.05) is 33.4 Å². The van der Waals surface area contributed by atoms with E-state index in [1.165, 1.54) is 33.2 Å². The monoisotopic (exact) mass is 560 g/mol. The molecule has 210 valence electrons. The van der Waals surface area contributed by atoms with Crippen LogP contribution in [0.2, 0.25) is 0 Å². The maximum Gasteiger partial charge on any atom is 0.196 e. The molecular weight excluding hydrogens is 528 g/mol. The number of allylic oxidation sites excluding steroid dienone is 1. The van der Waals surface area contributed by atoms with Crippen molar-refractivity contribution in [2.45, 2.75) is 40.5 Å². The third kappa shape index (κ3) is 4.15. The van der Waals surface area contributed by atoms with Gasteiger partial charge in [-0.25, -0.2) is 9.97 Å². The van der Waals surface area contributed by atoms with E-state index < -0.39 is 0 Å². The number of furan rings is 1. The Bertz CT molecular complexity index is 2160. The highest BCUT2D eigenvalue weighted by molar-refractivity contribution is 6.11. The van der Waals surface area contributed by atoms with Crippen LogP contribution in [0.25, 0.3) is 44.8 Å². The van der Waals surface area contributed by atoms with Crippen LogP contribution in [0.15, 0.2) is 95.7 Å². The van der Waals surface area contributed by atoms with Crippen molar-refractivity contribution in [3.8, 4) is 5.82 Å². The number of rotatable bonds is 4. The van der Waals surface area contributed by atoms with Gasteiger partial charge in [0.1, 0.15) is 17.6 Å². The van der Waals surface area contributed by atoms with Crippen LogP contribution in [0.1, 0.15) is 40.0 Å². The van der Waals surface area contributed by atoms with Gasteiger partial charge < -0.3 is 9.32 Å². The smallest absolute Gasteiger partial charge is 0.196 e. The standard InChI is InChI=1S/C38H32N4O/c1-23-15-24(2)18-28(17-23)41(29-19-25(3)16-26(4)20-29)27-13-14-34-32(21-27)30-9-5-7-11-33(30)42(34)38-37-36(39-22-40-38)31-10-6-8-12-35(31)43-37/h5,7-9,11-22H,6,10H2,1-4H3. The zero-order valence-electron chi connectivity index (χ0n) is 24.8. The maximum absolute atomic E-state index is 6.42. The van der Waals surface area contributed by atoms with Crippen LogP contribution in [0.3, 0.4) is 0 Å². The Morgan fingerprint density at radius 2 is 1.37 bits per heavy atom. The average molecular weight is 561 g/mol. The predicted octanol–water partition coefficient (Wildman–Crippen LogP) is 9.98. The van der Waals surface area contributed by atoms with Crippen molar-refractivity contribution >= 4 is 56.0 Å². The highest BCUT2D eigenvalue weighted by Crippen LogP contribution is 2.41. The summed E-state index contributed by atoms with van der Waals surface area (Å²) >= 11 is 0. The summed E-state index contributed by atoms with van der Waals surface area (Å²) in [4.78, 5) is 11.8. The minimum absolute atomic E-state index is 0.734. The number of para-hydroxylation sites is 1. The summed E-state index contributed by atoms with van der Waals surface area (Å²) in [5.74, 6) is 1.66. The number of aromatic nitrogens is 3. The van der Waals surface area contributed by atoms with Crippen LogP contribution in [-0.4, -0.2) is 14.5 Å². The quantitative estimate of drug-likeness (QED) is 0.215. The molecule has 0 atom stereocenters. The van der Waals surface area contributed by atoms with Crippen LogP contribution >= 0.6 is 0 Å². The first-order chi connectivity index (χ1) is 20.9. The number of benzene rings is 4. The van der Waals surface area contributed by atoms with E-state index >= 15 is 0 Å². The molecule has 8 rings (SSSR count). The second kappa shape index (κ2) is 9.70. The summed E-state index contributed by atoms with van der Waals surface area (Å²) in [6.45, 7) is 8.66. The Balaban J connectivity index is 1.39. The van der Waals surface area contributed by atoms with E-state index in [0.717, 1.165) is 69.0 Å². The van der Waals surface area contributed by atoms with Crippen LogP contribution < -0.4 is 4.90 Å². The minimum atomic E-state index is 0.734. The molecule has 0 spiro atoms. The molecule has 5 nitrogen and oxygen atoms in total. The lowest BCUT2D eigenvalue weighted by Crippen LogP contribution is -2.11. The Morgan fingerprint density at radius 3 is 2.09 bits per heavy atom. The first-order valence-electron chi connectivity index (χ1n) is 14.9. The van der Waals surface area contributed by atoms with E-state index in [0.29, 0.717) is 0 Å². The normalized spacial score (nSPS) is 12.8. The molecule has 4 aromatic carbocycles. The molecule has 1 aliphatic rings. The van der Waals surface area contributed by atoms with Crippen LogP contribution in [-0.2, 0) is 6.42 Å². The molecule has 43 heavy (non-hydrogen) atoms. The average Bonchev–Trinajstić information content (AvgIpc) is 3.52. The molecule has 0 bridgehead atoms. The van der Waals surface area contributed by atoms with Gasteiger partial charge in [0.25, 0.3) is 0 Å². The molecule has 0 amide bonds. The van der Waals surface area contributed by atoms with Gasteiger partial charge in [0.15, 0.2) is 11.4 Å². The van der Waals surface area contributed by atoms with Crippen molar-refractivity contribution in [1.29, 1.82) is 0 Å². The first-order valence-corrected chi connectivity index (χ1v) is 14.9. The number of aryl methyl sites for hydroxylation is 5. The SMILES string of the molecule is Cc1cc(C)cc(N(c2cc(C)cc(C)c2)c2ccc3c(c2)c2ccccc2n3-c2ncnc3c4c(oc23)C=CCC4)c1. The Hall–Kier alpha value is -5.16. The van der Waals surface area contributed by atoms with Crippen molar-refractivity contribution in [2.75, 3.05) is 4.90 Å². The number of nitrogens with zero attached hydrogens (tertiary/aromatic N) is 4. The van der Waals surface area contributed by atoms with Gasteiger partial charge in [0.2, 0.25) is 0 Å².